The zero-order chi connectivity index (χ0) is 13.2. The molecule has 1 fully saturated rings. The fourth-order valence-corrected chi connectivity index (χ4v) is 2.67. The maximum Gasteiger partial charge on any atom is 0.0702 e. The molecule has 0 radical (unpaired) electrons. The summed E-state index contributed by atoms with van der Waals surface area (Å²) in [5, 5.41) is 3.40. The zero-order valence-electron chi connectivity index (χ0n) is 12.6. The molecule has 0 aromatic rings. The molecule has 1 rings (SSSR count). The van der Waals surface area contributed by atoms with Gasteiger partial charge in [-0.3, -0.25) is 4.90 Å². The molecular weight excluding hydrogens is 224 g/mol. The van der Waals surface area contributed by atoms with Crippen molar-refractivity contribution in [2.45, 2.75) is 65.0 Å². The molecule has 0 aromatic carbocycles. The second-order valence-electron chi connectivity index (χ2n) is 5.47. The van der Waals surface area contributed by atoms with E-state index in [2.05, 4.69) is 31.0 Å². The van der Waals surface area contributed by atoms with Crippen LogP contribution in [0.3, 0.4) is 0 Å². The lowest BCUT2D eigenvalue weighted by atomic mass is 10.0. The van der Waals surface area contributed by atoms with Gasteiger partial charge in [0, 0.05) is 19.2 Å². The lowest BCUT2D eigenvalue weighted by molar-refractivity contribution is -0.0114. The SMILES string of the molecule is CCCOC1CCCN(C(C)CCCNCC)C1. The minimum atomic E-state index is 0.481. The van der Waals surface area contributed by atoms with E-state index in [0.29, 0.717) is 12.1 Å². The molecule has 1 heterocycles. The van der Waals surface area contributed by atoms with Crippen molar-refractivity contribution in [1.82, 2.24) is 10.2 Å². The molecule has 0 amide bonds. The van der Waals surface area contributed by atoms with E-state index in [9.17, 15) is 0 Å². The maximum atomic E-state index is 5.90. The quantitative estimate of drug-likeness (QED) is 0.642. The Balaban J connectivity index is 2.18. The van der Waals surface area contributed by atoms with E-state index in [4.69, 9.17) is 4.74 Å². The molecule has 18 heavy (non-hydrogen) atoms. The molecule has 0 spiro atoms. The third-order valence-corrected chi connectivity index (χ3v) is 3.82. The molecule has 3 heteroatoms. The topological polar surface area (TPSA) is 24.5 Å². The van der Waals surface area contributed by atoms with Crippen LogP contribution in [0.25, 0.3) is 0 Å². The Morgan fingerprint density at radius 3 is 2.94 bits per heavy atom. The fourth-order valence-electron chi connectivity index (χ4n) is 2.67. The summed E-state index contributed by atoms with van der Waals surface area (Å²) in [6, 6.07) is 0.705. The van der Waals surface area contributed by atoms with Gasteiger partial charge in [0.1, 0.15) is 0 Å². The van der Waals surface area contributed by atoms with Gasteiger partial charge in [0.2, 0.25) is 0 Å². The number of rotatable bonds is 9. The van der Waals surface area contributed by atoms with E-state index in [1.54, 1.807) is 0 Å². The van der Waals surface area contributed by atoms with Crippen molar-refractivity contribution in [2.75, 3.05) is 32.8 Å². The van der Waals surface area contributed by atoms with Gasteiger partial charge in [-0.25, -0.2) is 0 Å². The molecule has 1 aliphatic rings. The highest BCUT2D eigenvalue weighted by atomic mass is 16.5. The number of ether oxygens (including phenoxy) is 1. The molecule has 108 valence electrons. The van der Waals surface area contributed by atoms with Crippen LogP contribution >= 0.6 is 0 Å². The van der Waals surface area contributed by atoms with E-state index in [1.165, 1.54) is 32.2 Å². The Bertz CT molecular complexity index is 199. The highest BCUT2D eigenvalue weighted by molar-refractivity contribution is 4.77. The van der Waals surface area contributed by atoms with E-state index in [0.717, 1.165) is 32.7 Å². The van der Waals surface area contributed by atoms with Gasteiger partial charge in [-0.15, -0.1) is 0 Å². The van der Waals surface area contributed by atoms with E-state index in [-0.39, 0.29) is 0 Å². The lowest BCUT2D eigenvalue weighted by Gasteiger charge is -2.36. The van der Waals surface area contributed by atoms with Gasteiger partial charge < -0.3 is 10.1 Å². The first-order chi connectivity index (χ1) is 8.77. The first-order valence-corrected chi connectivity index (χ1v) is 7.84. The molecule has 2 unspecified atom stereocenters. The van der Waals surface area contributed by atoms with E-state index < -0.39 is 0 Å². The number of piperidine rings is 1. The average Bonchev–Trinajstić information content (AvgIpc) is 2.41. The minimum Gasteiger partial charge on any atom is -0.377 e. The summed E-state index contributed by atoms with van der Waals surface area (Å²) in [6.07, 6.45) is 6.75. The standard InChI is InChI=1S/C15H32N2O/c1-4-12-18-15-9-7-11-17(13-15)14(3)8-6-10-16-5-2/h14-16H,4-13H2,1-3H3. The second-order valence-corrected chi connectivity index (χ2v) is 5.47. The summed E-state index contributed by atoms with van der Waals surface area (Å²) in [5.41, 5.74) is 0. The largest absolute Gasteiger partial charge is 0.377 e. The molecule has 0 bridgehead atoms. The fraction of sp³-hybridized carbons (Fsp3) is 1.00. The van der Waals surface area contributed by atoms with Gasteiger partial charge in [-0.1, -0.05) is 13.8 Å². The van der Waals surface area contributed by atoms with Crippen LogP contribution in [0.2, 0.25) is 0 Å². The van der Waals surface area contributed by atoms with Crippen molar-refractivity contribution in [1.29, 1.82) is 0 Å². The van der Waals surface area contributed by atoms with Crippen molar-refractivity contribution in [3.05, 3.63) is 0 Å². The predicted molar refractivity (Wildman–Crippen MR) is 78.1 cm³/mol. The average molecular weight is 256 g/mol. The van der Waals surface area contributed by atoms with Crippen molar-refractivity contribution in [3.8, 4) is 0 Å². The van der Waals surface area contributed by atoms with Crippen LogP contribution in [-0.4, -0.2) is 49.8 Å². The van der Waals surface area contributed by atoms with E-state index in [1.807, 2.05) is 0 Å². The summed E-state index contributed by atoms with van der Waals surface area (Å²) in [6.45, 7) is 12.3. The number of hydrogen-bond donors (Lipinski definition) is 1. The minimum absolute atomic E-state index is 0.481. The molecule has 1 saturated heterocycles. The molecule has 0 aliphatic carbocycles. The summed E-state index contributed by atoms with van der Waals surface area (Å²) in [4.78, 5) is 2.62. The van der Waals surface area contributed by atoms with Gasteiger partial charge in [-0.2, -0.15) is 0 Å². The summed E-state index contributed by atoms with van der Waals surface area (Å²) in [5.74, 6) is 0. The Morgan fingerprint density at radius 1 is 1.39 bits per heavy atom. The molecule has 0 aromatic heterocycles. The Morgan fingerprint density at radius 2 is 2.22 bits per heavy atom. The van der Waals surface area contributed by atoms with E-state index >= 15 is 0 Å². The lowest BCUT2D eigenvalue weighted by Crippen LogP contribution is -2.44. The molecule has 0 saturated carbocycles. The van der Waals surface area contributed by atoms with Crippen LogP contribution in [0.1, 0.15) is 52.9 Å². The molecule has 1 N–H and O–H groups in total. The van der Waals surface area contributed by atoms with Gasteiger partial charge in [0.25, 0.3) is 0 Å². The van der Waals surface area contributed by atoms with Gasteiger partial charge in [0.15, 0.2) is 0 Å². The van der Waals surface area contributed by atoms with Gasteiger partial charge >= 0.3 is 0 Å². The third-order valence-electron chi connectivity index (χ3n) is 3.82. The van der Waals surface area contributed by atoms with Crippen molar-refractivity contribution in [3.63, 3.8) is 0 Å². The van der Waals surface area contributed by atoms with Gasteiger partial charge in [0.05, 0.1) is 6.10 Å². The van der Waals surface area contributed by atoms with Gasteiger partial charge in [-0.05, 0) is 58.7 Å². The van der Waals surface area contributed by atoms with Crippen molar-refractivity contribution in [2.24, 2.45) is 0 Å². The van der Waals surface area contributed by atoms with Crippen LogP contribution in [0, 0.1) is 0 Å². The Kier molecular flexibility index (Phi) is 8.64. The Labute approximate surface area is 113 Å². The highest BCUT2D eigenvalue weighted by Crippen LogP contribution is 2.17. The molecule has 1 aliphatic heterocycles. The maximum absolute atomic E-state index is 5.90. The van der Waals surface area contributed by atoms with Crippen molar-refractivity contribution < 1.29 is 4.74 Å². The van der Waals surface area contributed by atoms with Crippen LogP contribution in [0.5, 0.6) is 0 Å². The van der Waals surface area contributed by atoms with Crippen LogP contribution < -0.4 is 5.32 Å². The number of nitrogens with one attached hydrogen (secondary N) is 1. The normalized spacial score (nSPS) is 23.2. The predicted octanol–water partition coefficient (Wildman–Crippen LogP) is 2.66. The molecule has 2 atom stereocenters. The number of nitrogens with zero attached hydrogens (tertiary/aromatic N) is 1. The number of likely N-dealkylation sites (tertiary alicyclic amines) is 1. The highest BCUT2D eigenvalue weighted by Gasteiger charge is 2.23. The first kappa shape index (κ1) is 15.9. The second kappa shape index (κ2) is 9.76. The zero-order valence-corrected chi connectivity index (χ0v) is 12.6. The first-order valence-electron chi connectivity index (χ1n) is 7.84. The van der Waals surface area contributed by atoms with Crippen LogP contribution in [0.15, 0.2) is 0 Å². The molecule has 3 nitrogen and oxygen atoms in total. The third kappa shape index (κ3) is 6.17. The summed E-state index contributed by atoms with van der Waals surface area (Å²) < 4.78 is 5.90. The Hall–Kier alpha value is -0.120. The smallest absolute Gasteiger partial charge is 0.0702 e. The van der Waals surface area contributed by atoms with Crippen LogP contribution in [-0.2, 0) is 4.74 Å². The van der Waals surface area contributed by atoms with Crippen LogP contribution in [0.4, 0.5) is 0 Å². The number of hydrogen-bond acceptors (Lipinski definition) is 3. The van der Waals surface area contributed by atoms with Crippen molar-refractivity contribution >= 4 is 0 Å². The summed E-state index contributed by atoms with van der Waals surface area (Å²) >= 11 is 0. The molecular formula is C15H32N2O. The monoisotopic (exact) mass is 256 g/mol. The summed E-state index contributed by atoms with van der Waals surface area (Å²) in [7, 11) is 0.